The van der Waals surface area contributed by atoms with Gasteiger partial charge in [0.2, 0.25) is 0 Å². The van der Waals surface area contributed by atoms with Crippen molar-refractivity contribution in [1.29, 1.82) is 0 Å². The molecule has 28 heavy (non-hydrogen) atoms. The number of thiophene rings is 1. The number of ether oxygens (including phenoxy) is 1. The Bertz CT molecular complexity index is 1080. The topological polar surface area (TPSA) is 89.3 Å². The van der Waals surface area contributed by atoms with E-state index >= 15 is 0 Å². The average Bonchev–Trinajstić information content (AvgIpc) is 3.07. The van der Waals surface area contributed by atoms with Crippen LogP contribution in [0.25, 0.3) is 10.2 Å². The van der Waals surface area contributed by atoms with Crippen LogP contribution in [0, 0.1) is 6.92 Å². The van der Waals surface area contributed by atoms with Gasteiger partial charge in [0.05, 0.1) is 29.8 Å². The predicted molar refractivity (Wildman–Crippen MR) is 108 cm³/mol. The number of aromatic nitrogens is 3. The molecule has 0 aliphatic carbocycles. The number of rotatable bonds is 4. The van der Waals surface area contributed by atoms with Crippen molar-refractivity contribution in [2.75, 3.05) is 31.2 Å². The number of nitrogens with zero attached hydrogens (tertiary/aromatic N) is 4. The van der Waals surface area contributed by atoms with Gasteiger partial charge in [0.15, 0.2) is 0 Å². The van der Waals surface area contributed by atoms with Gasteiger partial charge in [-0.2, -0.15) is 0 Å². The highest BCUT2D eigenvalue weighted by Crippen LogP contribution is 2.27. The Hall–Kier alpha value is -2.78. The van der Waals surface area contributed by atoms with Gasteiger partial charge in [-0.1, -0.05) is 6.07 Å². The first-order valence-electron chi connectivity index (χ1n) is 9.05. The van der Waals surface area contributed by atoms with E-state index in [-0.39, 0.29) is 11.5 Å². The van der Waals surface area contributed by atoms with Crippen molar-refractivity contribution in [2.24, 2.45) is 7.05 Å². The molecule has 3 aromatic rings. The molecule has 0 atom stereocenters. The summed E-state index contributed by atoms with van der Waals surface area (Å²) in [6.07, 6.45) is 3.24. The molecule has 0 spiro atoms. The van der Waals surface area contributed by atoms with Gasteiger partial charge >= 0.3 is 0 Å². The zero-order valence-corrected chi connectivity index (χ0v) is 16.6. The van der Waals surface area contributed by atoms with Gasteiger partial charge in [0.1, 0.15) is 10.6 Å². The van der Waals surface area contributed by atoms with E-state index in [0.717, 1.165) is 24.5 Å². The monoisotopic (exact) mass is 399 g/mol. The van der Waals surface area contributed by atoms with Crippen LogP contribution in [0.15, 0.2) is 29.5 Å². The van der Waals surface area contributed by atoms with Crippen LogP contribution in [-0.4, -0.2) is 46.7 Å². The molecular weight excluding hydrogens is 378 g/mol. The third kappa shape index (κ3) is 3.38. The normalized spacial score (nSPS) is 14.4. The van der Waals surface area contributed by atoms with Crippen LogP contribution in [0.1, 0.15) is 20.8 Å². The van der Waals surface area contributed by atoms with Gasteiger partial charge in [-0.25, -0.2) is 9.97 Å². The van der Waals surface area contributed by atoms with Crippen molar-refractivity contribution in [3.8, 4) is 0 Å². The maximum absolute atomic E-state index is 12.8. The first-order chi connectivity index (χ1) is 13.6. The van der Waals surface area contributed by atoms with Crippen LogP contribution >= 0.6 is 11.3 Å². The Morgan fingerprint density at radius 2 is 2.11 bits per heavy atom. The molecule has 1 fully saturated rings. The number of fused-ring (bicyclic) bond motifs is 1. The summed E-state index contributed by atoms with van der Waals surface area (Å²) in [5.41, 5.74) is 1.48. The number of carbonyl (C=O) groups excluding carboxylic acids is 1. The molecule has 8 nitrogen and oxygen atoms in total. The number of nitrogens with one attached hydrogen (secondary N) is 1. The summed E-state index contributed by atoms with van der Waals surface area (Å²) in [5, 5.41) is 3.48. The van der Waals surface area contributed by atoms with Crippen molar-refractivity contribution in [3.63, 3.8) is 0 Å². The van der Waals surface area contributed by atoms with E-state index in [4.69, 9.17) is 4.74 Å². The zero-order valence-electron chi connectivity index (χ0n) is 15.8. The Balaban J connectivity index is 1.56. The van der Waals surface area contributed by atoms with E-state index in [1.165, 1.54) is 22.2 Å². The van der Waals surface area contributed by atoms with E-state index in [2.05, 4.69) is 20.2 Å². The highest BCUT2D eigenvalue weighted by Gasteiger charge is 2.20. The molecule has 0 saturated carbocycles. The van der Waals surface area contributed by atoms with E-state index in [1.54, 1.807) is 20.2 Å². The number of morpholine rings is 1. The Morgan fingerprint density at radius 1 is 1.32 bits per heavy atom. The maximum atomic E-state index is 12.8. The highest BCUT2D eigenvalue weighted by molar-refractivity contribution is 7.20. The molecule has 9 heteroatoms. The lowest BCUT2D eigenvalue weighted by molar-refractivity contribution is 0.0954. The minimum absolute atomic E-state index is 0.139. The smallest absolute Gasteiger partial charge is 0.262 e. The molecule has 1 aliphatic heterocycles. The molecule has 1 aliphatic rings. The number of hydrogen-bond donors (Lipinski definition) is 1. The molecule has 4 rings (SSSR count). The summed E-state index contributed by atoms with van der Waals surface area (Å²) in [6.45, 7) is 5.06. The Morgan fingerprint density at radius 3 is 2.89 bits per heavy atom. The van der Waals surface area contributed by atoms with Crippen LogP contribution < -0.4 is 15.8 Å². The minimum atomic E-state index is -0.209. The number of amides is 1. The van der Waals surface area contributed by atoms with E-state index in [0.29, 0.717) is 40.4 Å². The lowest BCUT2D eigenvalue weighted by Gasteiger charge is -2.29. The summed E-state index contributed by atoms with van der Waals surface area (Å²) in [4.78, 5) is 37.2. The number of hydrogen-bond acceptors (Lipinski definition) is 7. The fraction of sp³-hybridized carbons (Fsp3) is 0.368. The molecule has 0 aromatic carbocycles. The third-order valence-corrected chi connectivity index (χ3v) is 6.03. The van der Waals surface area contributed by atoms with Gasteiger partial charge in [0, 0.05) is 38.4 Å². The van der Waals surface area contributed by atoms with Gasteiger partial charge in [-0.15, -0.1) is 11.3 Å². The number of pyridine rings is 1. The SMILES string of the molecule is Cc1c(C(=O)NCc2cccnc2N2CCOCC2)sc2ncn(C)c(=O)c12. The predicted octanol–water partition coefficient (Wildman–Crippen LogP) is 1.47. The van der Waals surface area contributed by atoms with Crippen molar-refractivity contribution in [2.45, 2.75) is 13.5 Å². The van der Waals surface area contributed by atoms with Crippen molar-refractivity contribution >= 4 is 33.3 Å². The summed E-state index contributed by atoms with van der Waals surface area (Å²) in [7, 11) is 1.65. The first kappa shape index (κ1) is 18.6. The molecule has 0 unspecified atom stereocenters. The molecule has 1 amide bonds. The van der Waals surface area contributed by atoms with E-state index < -0.39 is 0 Å². The second-order valence-electron chi connectivity index (χ2n) is 6.67. The summed E-state index contributed by atoms with van der Waals surface area (Å²) >= 11 is 1.24. The second kappa shape index (κ2) is 7.69. The largest absolute Gasteiger partial charge is 0.378 e. The number of anilines is 1. The lowest BCUT2D eigenvalue weighted by atomic mass is 10.2. The summed E-state index contributed by atoms with van der Waals surface area (Å²) < 4.78 is 6.83. The maximum Gasteiger partial charge on any atom is 0.262 e. The zero-order chi connectivity index (χ0) is 19.7. The van der Waals surface area contributed by atoms with Crippen LogP contribution in [0.4, 0.5) is 5.82 Å². The van der Waals surface area contributed by atoms with E-state index in [1.807, 2.05) is 12.1 Å². The van der Waals surface area contributed by atoms with Gasteiger partial charge in [0.25, 0.3) is 11.5 Å². The quantitative estimate of drug-likeness (QED) is 0.715. The minimum Gasteiger partial charge on any atom is -0.378 e. The Kier molecular flexibility index (Phi) is 5.10. The molecule has 146 valence electrons. The van der Waals surface area contributed by atoms with Crippen molar-refractivity contribution < 1.29 is 9.53 Å². The van der Waals surface area contributed by atoms with Crippen molar-refractivity contribution in [1.82, 2.24) is 19.9 Å². The Labute approximate surface area is 165 Å². The third-order valence-electron chi connectivity index (χ3n) is 4.83. The summed E-state index contributed by atoms with van der Waals surface area (Å²) in [6, 6.07) is 3.83. The fourth-order valence-corrected chi connectivity index (χ4v) is 4.37. The standard InChI is InChI=1S/C19H21N5O3S/c1-12-14-18(22-11-23(2)19(14)26)28-15(12)17(25)21-10-13-4-3-5-20-16(13)24-6-8-27-9-7-24/h3-5,11H,6-10H2,1-2H3,(H,21,25). The molecule has 3 aromatic heterocycles. The fourth-order valence-electron chi connectivity index (χ4n) is 3.31. The number of aryl methyl sites for hydroxylation is 2. The average molecular weight is 399 g/mol. The van der Waals surface area contributed by atoms with Crippen LogP contribution in [-0.2, 0) is 18.3 Å². The van der Waals surface area contributed by atoms with Crippen LogP contribution in [0.5, 0.6) is 0 Å². The van der Waals surface area contributed by atoms with Crippen LogP contribution in [0.3, 0.4) is 0 Å². The highest BCUT2D eigenvalue weighted by atomic mass is 32.1. The molecule has 0 bridgehead atoms. The number of carbonyl (C=O) groups is 1. The second-order valence-corrected chi connectivity index (χ2v) is 7.66. The van der Waals surface area contributed by atoms with E-state index in [9.17, 15) is 9.59 Å². The molecule has 1 N–H and O–H groups in total. The molecule has 0 radical (unpaired) electrons. The molecule has 4 heterocycles. The first-order valence-corrected chi connectivity index (χ1v) is 9.87. The van der Waals surface area contributed by atoms with Crippen LogP contribution in [0.2, 0.25) is 0 Å². The molecule has 1 saturated heterocycles. The molecular formula is C19H21N5O3S. The van der Waals surface area contributed by atoms with Crippen molar-refractivity contribution in [3.05, 3.63) is 51.0 Å². The van der Waals surface area contributed by atoms with Gasteiger partial charge in [-0.3, -0.25) is 9.59 Å². The van der Waals surface area contributed by atoms with Gasteiger partial charge < -0.3 is 19.5 Å². The summed E-state index contributed by atoms with van der Waals surface area (Å²) in [5.74, 6) is 0.661. The lowest BCUT2D eigenvalue weighted by Crippen LogP contribution is -2.37. The van der Waals surface area contributed by atoms with Gasteiger partial charge in [-0.05, 0) is 18.6 Å².